The van der Waals surface area contributed by atoms with Gasteiger partial charge in [0.25, 0.3) is 0 Å². The number of hydrogen-bond acceptors (Lipinski definition) is 4. The molecule has 1 aliphatic rings. The number of piperidine rings is 1. The molecule has 1 aromatic heterocycles. The summed E-state index contributed by atoms with van der Waals surface area (Å²) in [6.07, 6.45) is 3.37. The first-order valence-electron chi connectivity index (χ1n) is 8.07. The maximum absolute atomic E-state index is 12.1. The van der Waals surface area contributed by atoms with Crippen LogP contribution < -0.4 is 0 Å². The van der Waals surface area contributed by atoms with Crippen LogP contribution in [0, 0.1) is 5.92 Å². The Morgan fingerprint density at radius 2 is 2.17 bits per heavy atom. The van der Waals surface area contributed by atoms with E-state index in [0.717, 1.165) is 12.8 Å². The highest BCUT2D eigenvalue weighted by molar-refractivity contribution is 5.95. The molecule has 1 atom stereocenters. The van der Waals surface area contributed by atoms with Crippen molar-refractivity contribution in [2.45, 2.75) is 39.2 Å². The van der Waals surface area contributed by atoms with Gasteiger partial charge in [-0.15, -0.1) is 0 Å². The lowest BCUT2D eigenvalue weighted by molar-refractivity contribution is 0.00784. The number of nitrogens with one attached hydrogen (secondary N) is 1. The third-order valence-corrected chi connectivity index (χ3v) is 3.66. The van der Waals surface area contributed by atoms with Crippen molar-refractivity contribution in [3.05, 3.63) is 24.0 Å². The molecule has 0 unspecified atom stereocenters. The number of likely N-dealkylation sites (tertiary alicyclic amines) is 1. The number of aromatic nitrogens is 1. The monoisotopic (exact) mass is 322 g/mol. The van der Waals surface area contributed by atoms with Gasteiger partial charge in [-0.05, 0) is 45.7 Å². The molecule has 1 aromatic rings. The van der Waals surface area contributed by atoms with Crippen LogP contribution in [0.3, 0.4) is 0 Å². The van der Waals surface area contributed by atoms with E-state index in [0.29, 0.717) is 25.4 Å². The van der Waals surface area contributed by atoms with E-state index in [1.165, 1.54) is 0 Å². The molecule has 0 bridgehead atoms. The summed E-state index contributed by atoms with van der Waals surface area (Å²) in [4.78, 5) is 28.5. The molecule has 1 aliphatic heterocycles. The molecule has 2 rings (SSSR count). The second-order valence-electron chi connectivity index (χ2n) is 6.96. The molecule has 1 saturated heterocycles. The molecule has 0 aliphatic carbocycles. The van der Waals surface area contributed by atoms with E-state index in [4.69, 9.17) is 9.47 Å². The van der Waals surface area contributed by atoms with Gasteiger partial charge in [-0.25, -0.2) is 4.79 Å². The highest BCUT2D eigenvalue weighted by Gasteiger charge is 2.27. The molecule has 1 fully saturated rings. The fraction of sp³-hybridized carbons (Fsp3) is 0.647. The lowest BCUT2D eigenvalue weighted by Gasteiger charge is -2.34. The van der Waals surface area contributed by atoms with Gasteiger partial charge >= 0.3 is 6.09 Å². The molecule has 0 saturated carbocycles. The summed E-state index contributed by atoms with van der Waals surface area (Å²) in [6.45, 7) is 7.46. The summed E-state index contributed by atoms with van der Waals surface area (Å²) in [7, 11) is 0. The normalized spacial score (nSPS) is 18.7. The Balaban J connectivity index is 1.73. The van der Waals surface area contributed by atoms with Crippen LogP contribution in [0.4, 0.5) is 4.79 Å². The number of hydrogen-bond donors (Lipinski definition) is 1. The standard InChI is InChI=1S/C17H26N2O4/c1-17(2,3)23-16(21)19-9-5-6-13(10-19)11-22-12-15(20)14-7-4-8-18-14/h4,7-8,13,18H,5-6,9-12H2,1-3H3/t13-/m1/s1. The molecule has 6 nitrogen and oxygen atoms in total. The van der Waals surface area contributed by atoms with Crippen LogP contribution in [0.15, 0.2) is 18.3 Å². The van der Waals surface area contributed by atoms with E-state index >= 15 is 0 Å². The second kappa shape index (κ2) is 7.64. The Labute approximate surface area is 137 Å². The van der Waals surface area contributed by atoms with Crippen molar-refractivity contribution in [2.75, 3.05) is 26.3 Å². The first-order valence-corrected chi connectivity index (χ1v) is 8.07. The predicted molar refractivity (Wildman–Crippen MR) is 86.5 cm³/mol. The maximum Gasteiger partial charge on any atom is 0.410 e. The van der Waals surface area contributed by atoms with E-state index in [1.54, 1.807) is 23.2 Å². The molecule has 0 radical (unpaired) electrons. The third-order valence-electron chi connectivity index (χ3n) is 3.66. The van der Waals surface area contributed by atoms with Crippen molar-refractivity contribution in [2.24, 2.45) is 5.92 Å². The third kappa shape index (κ3) is 5.71. The summed E-state index contributed by atoms with van der Waals surface area (Å²) >= 11 is 0. The molecule has 128 valence electrons. The number of carbonyl (C=O) groups excluding carboxylic acids is 2. The molecule has 1 amide bonds. The quantitative estimate of drug-likeness (QED) is 0.846. The van der Waals surface area contributed by atoms with Gasteiger partial charge < -0.3 is 19.4 Å². The van der Waals surface area contributed by atoms with Crippen LogP contribution in [0.5, 0.6) is 0 Å². The van der Waals surface area contributed by atoms with Gasteiger partial charge in [0.1, 0.15) is 12.2 Å². The average Bonchev–Trinajstić information content (AvgIpc) is 3.00. The number of aromatic amines is 1. The largest absolute Gasteiger partial charge is 0.444 e. The van der Waals surface area contributed by atoms with E-state index in [-0.39, 0.29) is 24.4 Å². The minimum atomic E-state index is -0.483. The van der Waals surface area contributed by atoms with Gasteiger partial charge in [0, 0.05) is 25.2 Å². The van der Waals surface area contributed by atoms with Crippen LogP contribution in [0.2, 0.25) is 0 Å². The van der Waals surface area contributed by atoms with Gasteiger partial charge in [0.15, 0.2) is 0 Å². The Morgan fingerprint density at radius 1 is 1.39 bits per heavy atom. The van der Waals surface area contributed by atoms with E-state index in [1.807, 2.05) is 20.8 Å². The molecule has 1 N–H and O–H groups in total. The maximum atomic E-state index is 12.1. The van der Waals surface area contributed by atoms with Crippen LogP contribution in [0.1, 0.15) is 44.1 Å². The van der Waals surface area contributed by atoms with Gasteiger partial charge in [0.05, 0.1) is 12.3 Å². The second-order valence-corrected chi connectivity index (χ2v) is 6.96. The summed E-state index contributed by atoms with van der Waals surface area (Å²) < 4.78 is 10.9. The van der Waals surface area contributed by atoms with Crippen LogP contribution in [-0.4, -0.2) is 53.7 Å². The summed E-state index contributed by atoms with van der Waals surface area (Å²) in [6, 6.07) is 3.52. The van der Waals surface area contributed by atoms with Gasteiger partial charge in [-0.1, -0.05) is 0 Å². The number of amides is 1. The topological polar surface area (TPSA) is 71.6 Å². The van der Waals surface area contributed by atoms with Crippen molar-refractivity contribution in [1.29, 1.82) is 0 Å². The number of ether oxygens (including phenoxy) is 2. The molecular formula is C17H26N2O4. The van der Waals surface area contributed by atoms with Crippen LogP contribution in [-0.2, 0) is 9.47 Å². The first kappa shape index (κ1) is 17.5. The zero-order valence-electron chi connectivity index (χ0n) is 14.1. The van der Waals surface area contributed by atoms with Crippen molar-refractivity contribution < 1.29 is 19.1 Å². The fourth-order valence-electron chi connectivity index (χ4n) is 2.59. The van der Waals surface area contributed by atoms with E-state index in [9.17, 15) is 9.59 Å². The van der Waals surface area contributed by atoms with Crippen molar-refractivity contribution in [1.82, 2.24) is 9.88 Å². The Kier molecular flexibility index (Phi) is 5.82. The van der Waals surface area contributed by atoms with E-state index < -0.39 is 5.60 Å². The smallest absolute Gasteiger partial charge is 0.410 e. The predicted octanol–water partition coefficient (Wildman–Crippen LogP) is 2.86. The first-order chi connectivity index (χ1) is 10.8. The van der Waals surface area contributed by atoms with Crippen molar-refractivity contribution >= 4 is 11.9 Å². The van der Waals surface area contributed by atoms with Crippen molar-refractivity contribution in [3.63, 3.8) is 0 Å². The fourth-order valence-corrected chi connectivity index (χ4v) is 2.59. The lowest BCUT2D eigenvalue weighted by Crippen LogP contribution is -2.43. The number of carbonyl (C=O) groups is 2. The Morgan fingerprint density at radius 3 is 2.83 bits per heavy atom. The number of rotatable bonds is 5. The van der Waals surface area contributed by atoms with Crippen LogP contribution >= 0.6 is 0 Å². The molecule has 0 aromatic carbocycles. The van der Waals surface area contributed by atoms with Gasteiger partial charge in [-0.3, -0.25) is 4.79 Å². The molecule has 2 heterocycles. The zero-order valence-corrected chi connectivity index (χ0v) is 14.1. The average molecular weight is 322 g/mol. The van der Waals surface area contributed by atoms with Gasteiger partial charge in [-0.2, -0.15) is 0 Å². The summed E-state index contributed by atoms with van der Waals surface area (Å²) in [5.74, 6) is 0.183. The number of Topliss-reactive ketones (excluding diaryl/α,β-unsaturated/α-hetero) is 1. The van der Waals surface area contributed by atoms with E-state index in [2.05, 4.69) is 4.98 Å². The lowest BCUT2D eigenvalue weighted by atomic mass is 9.99. The minimum Gasteiger partial charge on any atom is -0.444 e. The highest BCUT2D eigenvalue weighted by atomic mass is 16.6. The number of nitrogens with zero attached hydrogens (tertiary/aromatic N) is 1. The minimum absolute atomic E-state index is 0.0590. The van der Waals surface area contributed by atoms with Crippen molar-refractivity contribution in [3.8, 4) is 0 Å². The SMILES string of the molecule is CC(C)(C)OC(=O)N1CCC[C@@H](COCC(=O)c2ccc[nH]2)C1. The summed E-state index contributed by atoms with van der Waals surface area (Å²) in [5.41, 5.74) is 0.0761. The number of H-pyrrole nitrogens is 1. The summed E-state index contributed by atoms with van der Waals surface area (Å²) in [5, 5.41) is 0. The number of ketones is 1. The molecule has 23 heavy (non-hydrogen) atoms. The van der Waals surface area contributed by atoms with Crippen LogP contribution in [0.25, 0.3) is 0 Å². The Hall–Kier alpha value is -1.82. The molecule has 0 spiro atoms. The van der Waals surface area contributed by atoms with Gasteiger partial charge in [0.2, 0.25) is 5.78 Å². The molecular weight excluding hydrogens is 296 g/mol. The zero-order chi connectivity index (χ0) is 16.9. The molecule has 6 heteroatoms. The highest BCUT2D eigenvalue weighted by Crippen LogP contribution is 2.19. The Bertz CT molecular complexity index is 519.